The van der Waals surface area contributed by atoms with Crippen LogP contribution in [0.5, 0.6) is 11.5 Å². The molecule has 1 unspecified atom stereocenters. The summed E-state index contributed by atoms with van der Waals surface area (Å²) in [5, 5.41) is 10.5. The largest absolute Gasteiger partial charge is 0.497 e. The van der Waals surface area contributed by atoms with Gasteiger partial charge in [-0.05, 0) is 73.9 Å². The molecule has 0 radical (unpaired) electrons. The van der Waals surface area contributed by atoms with Crippen LogP contribution in [0.3, 0.4) is 0 Å². The van der Waals surface area contributed by atoms with E-state index in [9.17, 15) is 9.59 Å². The van der Waals surface area contributed by atoms with Crippen LogP contribution in [-0.2, 0) is 16.0 Å². The van der Waals surface area contributed by atoms with E-state index in [-0.39, 0.29) is 24.5 Å². The van der Waals surface area contributed by atoms with Gasteiger partial charge in [-0.25, -0.2) is 0 Å². The summed E-state index contributed by atoms with van der Waals surface area (Å²) in [6.07, 6.45) is 2.80. The molecule has 45 heavy (non-hydrogen) atoms. The number of methoxy groups -OCH3 is 1. The lowest BCUT2D eigenvalue weighted by molar-refractivity contribution is -0.143. The fourth-order valence-electron chi connectivity index (χ4n) is 5.29. The first-order valence-electron chi connectivity index (χ1n) is 15.1. The standard InChI is InChI=1S/C34H38ClN5O4S/c1-25-23-38(19-20-39(25)33(42)24-44-30-15-11-27(35)12-16-30)32(41)10-6-7-21-45-34-37-36-31(22-26-8-4-3-5-9-26)40(34)28-13-17-29(43-2)18-14-28/h3-5,8-9,11-18,25H,6-7,10,19-24H2,1-2H3. The maximum Gasteiger partial charge on any atom is 0.260 e. The van der Waals surface area contributed by atoms with Crippen LogP contribution in [-0.4, -0.2) is 81.5 Å². The third-order valence-corrected chi connectivity index (χ3v) is 9.00. The van der Waals surface area contributed by atoms with Gasteiger partial charge >= 0.3 is 0 Å². The second-order valence-corrected chi connectivity index (χ2v) is 12.4. The van der Waals surface area contributed by atoms with E-state index in [1.54, 1.807) is 48.0 Å². The van der Waals surface area contributed by atoms with Gasteiger partial charge in [0.1, 0.15) is 17.3 Å². The molecule has 2 heterocycles. The van der Waals surface area contributed by atoms with E-state index in [1.807, 2.05) is 54.3 Å². The smallest absolute Gasteiger partial charge is 0.260 e. The van der Waals surface area contributed by atoms with Crippen molar-refractivity contribution in [3.8, 4) is 17.2 Å². The number of unbranched alkanes of at least 4 members (excludes halogenated alkanes) is 1. The Kier molecular flexibility index (Phi) is 11.4. The van der Waals surface area contributed by atoms with Crippen LogP contribution >= 0.6 is 23.4 Å². The predicted octanol–water partition coefficient (Wildman–Crippen LogP) is 5.92. The first kappa shape index (κ1) is 32.4. The molecule has 2 amide bonds. The summed E-state index contributed by atoms with van der Waals surface area (Å²) in [7, 11) is 1.66. The topological polar surface area (TPSA) is 89.8 Å². The number of benzene rings is 3. The summed E-state index contributed by atoms with van der Waals surface area (Å²) >= 11 is 7.56. The minimum absolute atomic E-state index is 0.0441. The molecular weight excluding hydrogens is 610 g/mol. The Morgan fingerprint density at radius 1 is 0.911 bits per heavy atom. The Hall–Kier alpha value is -4.02. The van der Waals surface area contributed by atoms with E-state index in [2.05, 4.69) is 26.9 Å². The lowest BCUT2D eigenvalue weighted by Crippen LogP contribution is -2.56. The SMILES string of the molecule is COc1ccc(-n2c(Cc3ccccc3)nnc2SCCCCC(=O)N2CCN(C(=O)COc3ccc(Cl)cc3)C(C)C2)cc1. The van der Waals surface area contributed by atoms with Gasteiger partial charge in [0.05, 0.1) is 7.11 Å². The van der Waals surface area contributed by atoms with Crippen LogP contribution in [0.15, 0.2) is 84.0 Å². The average molecular weight is 648 g/mol. The minimum Gasteiger partial charge on any atom is -0.497 e. The van der Waals surface area contributed by atoms with E-state index in [0.29, 0.717) is 43.2 Å². The zero-order valence-corrected chi connectivity index (χ0v) is 27.2. The third-order valence-electron chi connectivity index (χ3n) is 7.73. The molecule has 0 N–H and O–H groups in total. The molecular formula is C34H38ClN5O4S. The molecule has 1 fully saturated rings. The molecule has 0 aliphatic carbocycles. The number of aromatic nitrogens is 3. The van der Waals surface area contributed by atoms with Gasteiger partial charge in [-0.15, -0.1) is 10.2 Å². The van der Waals surface area contributed by atoms with Crippen molar-refractivity contribution in [1.82, 2.24) is 24.6 Å². The predicted molar refractivity (Wildman–Crippen MR) is 176 cm³/mol. The van der Waals surface area contributed by atoms with Crippen LogP contribution < -0.4 is 9.47 Å². The summed E-state index contributed by atoms with van der Waals surface area (Å²) in [6.45, 7) is 3.48. The first-order valence-corrected chi connectivity index (χ1v) is 16.5. The van der Waals surface area contributed by atoms with Gasteiger partial charge in [0.25, 0.3) is 5.91 Å². The zero-order chi connectivity index (χ0) is 31.6. The number of piperazine rings is 1. The van der Waals surface area contributed by atoms with Gasteiger partial charge < -0.3 is 19.3 Å². The Morgan fingerprint density at radius 3 is 2.36 bits per heavy atom. The van der Waals surface area contributed by atoms with E-state index in [0.717, 1.165) is 41.0 Å². The van der Waals surface area contributed by atoms with Crippen LogP contribution in [0, 0.1) is 0 Å². The molecule has 9 nitrogen and oxygen atoms in total. The highest BCUT2D eigenvalue weighted by molar-refractivity contribution is 7.99. The molecule has 1 saturated heterocycles. The van der Waals surface area contributed by atoms with Gasteiger partial charge in [0, 0.05) is 55.0 Å². The molecule has 4 aromatic rings. The van der Waals surface area contributed by atoms with Gasteiger partial charge in [-0.1, -0.05) is 53.7 Å². The van der Waals surface area contributed by atoms with Crippen LogP contribution in [0.1, 0.15) is 37.6 Å². The van der Waals surface area contributed by atoms with Gasteiger partial charge in [0.15, 0.2) is 11.8 Å². The van der Waals surface area contributed by atoms with Gasteiger partial charge in [-0.3, -0.25) is 14.2 Å². The molecule has 1 aliphatic heterocycles. The fourth-order valence-corrected chi connectivity index (χ4v) is 6.39. The highest BCUT2D eigenvalue weighted by Crippen LogP contribution is 2.26. The molecule has 1 atom stereocenters. The highest BCUT2D eigenvalue weighted by atomic mass is 35.5. The average Bonchev–Trinajstić information content (AvgIpc) is 3.46. The van der Waals surface area contributed by atoms with Crippen molar-refractivity contribution < 1.29 is 19.1 Å². The van der Waals surface area contributed by atoms with Crippen molar-refractivity contribution in [3.63, 3.8) is 0 Å². The Morgan fingerprint density at radius 2 is 1.64 bits per heavy atom. The van der Waals surface area contributed by atoms with Crippen molar-refractivity contribution >= 4 is 35.2 Å². The monoisotopic (exact) mass is 647 g/mol. The second-order valence-electron chi connectivity index (χ2n) is 10.9. The van der Waals surface area contributed by atoms with Crippen molar-refractivity contribution in [1.29, 1.82) is 0 Å². The molecule has 236 valence electrons. The number of carbonyl (C=O) groups is 2. The normalized spacial score (nSPS) is 14.8. The number of carbonyl (C=O) groups excluding carboxylic acids is 2. The number of amides is 2. The molecule has 5 rings (SSSR count). The van der Waals surface area contributed by atoms with E-state index < -0.39 is 0 Å². The number of nitrogens with zero attached hydrogens (tertiary/aromatic N) is 5. The van der Waals surface area contributed by atoms with Crippen molar-refractivity contribution in [2.45, 2.75) is 43.8 Å². The van der Waals surface area contributed by atoms with Gasteiger partial charge in [-0.2, -0.15) is 0 Å². The number of thioether (sulfide) groups is 1. The summed E-state index contributed by atoms with van der Waals surface area (Å²) in [5.74, 6) is 3.12. The number of rotatable bonds is 13. The quantitative estimate of drug-likeness (QED) is 0.131. The molecule has 3 aromatic carbocycles. The number of hydrogen-bond donors (Lipinski definition) is 0. The van der Waals surface area contributed by atoms with E-state index in [1.165, 1.54) is 5.56 Å². The minimum atomic E-state index is -0.0870. The lowest BCUT2D eigenvalue weighted by atomic mass is 10.1. The van der Waals surface area contributed by atoms with E-state index >= 15 is 0 Å². The van der Waals surface area contributed by atoms with Crippen molar-refractivity contribution in [2.24, 2.45) is 0 Å². The third kappa shape index (κ3) is 8.79. The second kappa shape index (κ2) is 15.8. The maximum absolute atomic E-state index is 13.0. The summed E-state index contributed by atoms with van der Waals surface area (Å²) in [5.41, 5.74) is 2.15. The summed E-state index contributed by atoms with van der Waals surface area (Å²) in [6, 6.07) is 25.0. The van der Waals surface area contributed by atoms with Crippen LogP contribution in [0.4, 0.5) is 0 Å². The van der Waals surface area contributed by atoms with Crippen molar-refractivity contribution in [3.05, 3.63) is 95.3 Å². The molecule has 11 heteroatoms. The number of halogens is 1. The van der Waals surface area contributed by atoms with Crippen LogP contribution in [0.25, 0.3) is 5.69 Å². The van der Waals surface area contributed by atoms with Crippen LogP contribution in [0.2, 0.25) is 5.02 Å². The Bertz CT molecular complexity index is 1550. The summed E-state index contributed by atoms with van der Waals surface area (Å²) < 4.78 is 13.1. The Labute approximate surface area is 273 Å². The highest BCUT2D eigenvalue weighted by Gasteiger charge is 2.29. The molecule has 0 bridgehead atoms. The number of ether oxygens (including phenoxy) is 2. The fraction of sp³-hybridized carbons (Fsp3) is 0.353. The molecule has 1 aliphatic rings. The first-order chi connectivity index (χ1) is 21.9. The molecule has 0 spiro atoms. The lowest BCUT2D eigenvalue weighted by Gasteiger charge is -2.40. The number of hydrogen-bond acceptors (Lipinski definition) is 7. The molecule has 0 saturated carbocycles. The zero-order valence-electron chi connectivity index (χ0n) is 25.6. The Balaban J connectivity index is 1.08. The van der Waals surface area contributed by atoms with Gasteiger partial charge in [0.2, 0.25) is 5.91 Å². The van der Waals surface area contributed by atoms with E-state index in [4.69, 9.17) is 21.1 Å². The maximum atomic E-state index is 13.0. The summed E-state index contributed by atoms with van der Waals surface area (Å²) in [4.78, 5) is 29.4. The molecule has 1 aromatic heterocycles. The van der Waals surface area contributed by atoms with Crippen molar-refractivity contribution in [2.75, 3.05) is 39.1 Å².